The lowest BCUT2D eigenvalue weighted by atomic mass is 9.94. The van der Waals surface area contributed by atoms with Gasteiger partial charge < -0.3 is 0 Å². The zero-order chi connectivity index (χ0) is 9.38. The predicted octanol–water partition coefficient (Wildman–Crippen LogP) is 3.52. The zero-order valence-corrected chi connectivity index (χ0v) is 8.55. The molecule has 0 nitrogen and oxygen atoms in total. The monoisotopic (exact) mass is 184 g/mol. The fourth-order valence-electron chi connectivity index (χ4n) is 2.77. The van der Waals surface area contributed by atoms with E-state index in [1.807, 2.05) is 0 Å². The number of rotatable bonds is 0. The second-order valence-electron chi connectivity index (χ2n) is 4.44. The van der Waals surface area contributed by atoms with Gasteiger partial charge >= 0.3 is 0 Å². The van der Waals surface area contributed by atoms with E-state index in [0.717, 1.165) is 6.42 Å². The summed E-state index contributed by atoms with van der Waals surface area (Å²) >= 11 is 0. The van der Waals surface area contributed by atoms with E-state index in [0.29, 0.717) is 0 Å². The summed E-state index contributed by atoms with van der Waals surface area (Å²) in [5.74, 6) is 0. The van der Waals surface area contributed by atoms with Crippen LogP contribution in [0.15, 0.2) is 18.2 Å². The largest absolute Gasteiger partial charge is 0.0795 e. The summed E-state index contributed by atoms with van der Waals surface area (Å²) in [6.07, 6.45) is 12.6. The summed E-state index contributed by atoms with van der Waals surface area (Å²) in [6, 6.07) is 4.70. The molecule has 2 aliphatic carbocycles. The van der Waals surface area contributed by atoms with E-state index in [2.05, 4.69) is 24.3 Å². The predicted molar refractivity (Wildman–Crippen MR) is 60.4 cm³/mol. The van der Waals surface area contributed by atoms with Gasteiger partial charge in [-0.15, -0.1) is 0 Å². The maximum Gasteiger partial charge on any atom is -0.00881 e. The first-order chi connectivity index (χ1) is 6.95. The molecule has 0 saturated heterocycles. The molecule has 2 aliphatic rings. The van der Waals surface area contributed by atoms with E-state index in [1.54, 1.807) is 22.3 Å². The lowest BCUT2D eigenvalue weighted by Crippen LogP contribution is -1.96. The second kappa shape index (κ2) is 3.27. The van der Waals surface area contributed by atoms with Crippen molar-refractivity contribution in [3.8, 4) is 0 Å². The molecule has 14 heavy (non-hydrogen) atoms. The Morgan fingerprint density at radius 3 is 2.71 bits per heavy atom. The Hall–Kier alpha value is -1.04. The molecule has 0 amide bonds. The molecule has 0 N–H and O–H groups in total. The molecule has 0 bridgehead atoms. The first kappa shape index (κ1) is 8.28. The fraction of sp³-hybridized carbons (Fsp3) is 0.429. The lowest BCUT2D eigenvalue weighted by Gasteiger charge is -2.10. The number of allylic oxidation sites excluding steroid dienone is 1. The molecule has 0 heteroatoms. The minimum atomic E-state index is 1.16. The molecule has 0 radical (unpaired) electrons. The van der Waals surface area contributed by atoms with Crippen molar-refractivity contribution >= 4 is 6.08 Å². The molecule has 0 saturated carbocycles. The Bertz CT molecular complexity index is 385. The molecular weight excluding hydrogens is 168 g/mol. The minimum absolute atomic E-state index is 1.16. The molecule has 3 rings (SSSR count). The van der Waals surface area contributed by atoms with Gasteiger partial charge in [-0.2, -0.15) is 0 Å². The number of fused-ring (bicyclic) bond motifs is 3. The van der Waals surface area contributed by atoms with E-state index in [9.17, 15) is 0 Å². The average molecular weight is 184 g/mol. The van der Waals surface area contributed by atoms with Crippen molar-refractivity contribution in [1.29, 1.82) is 0 Å². The van der Waals surface area contributed by atoms with Crippen molar-refractivity contribution in [2.45, 2.75) is 38.5 Å². The van der Waals surface area contributed by atoms with Crippen molar-refractivity contribution in [2.75, 3.05) is 0 Å². The van der Waals surface area contributed by atoms with Crippen LogP contribution in [0, 0.1) is 0 Å². The number of hydrogen-bond acceptors (Lipinski definition) is 0. The highest BCUT2D eigenvalue weighted by Crippen LogP contribution is 2.30. The Morgan fingerprint density at radius 1 is 0.857 bits per heavy atom. The highest BCUT2D eigenvalue weighted by Gasteiger charge is 2.15. The van der Waals surface area contributed by atoms with Gasteiger partial charge in [-0.25, -0.2) is 0 Å². The van der Waals surface area contributed by atoms with Crippen LogP contribution in [-0.4, -0.2) is 0 Å². The lowest BCUT2D eigenvalue weighted by molar-refractivity contribution is 0.711. The van der Waals surface area contributed by atoms with Crippen molar-refractivity contribution in [2.24, 2.45) is 0 Å². The first-order valence-corrected chi connectivity index (χ1v) is 5.75. The highest BCUT2D eigenvalue weighted by molar-refractivity contribution is 5.65. The Balaban J connectivity index is 2.15. The summed E-state index contributed by atoms with van der Waals surface area (Å²) in [6.45, 7) is 0. The second-order valence-corrected chi connectivity index (χ2v) is 4.44. The summed E-state index contributed by atoms with van der Waals surface area (Å²) in [5, 5.41) is 0. The maximum absolute atomic E-state index is 2.37. The SMILES string of the molecule is C1=Cc2c(ccc3c2CCCCC3)C1. The summed E-state index contributed by atoms with van der Waals surface area (Å²) in [4.78, 5) is 0. The summed E-state index contributed by atoms with van der Waals surface area (Å²) < 4.78 is 0. The van der Waals surface area contributed by atoms with E-state index in [4.69, 9.17) is 0 Å². The highest BCUT2D eigenvalue weighted by atomic mass is 14.2. The quantitative estimate of drug-likeness (QED) is 0.541. The van der Waals surface area contributed by atoms with Crippen molar-refractivity contribution < 1.29 is 0 Å². The van der Waals surface area contributed by atoms with Crippen molar-refractivity contribution in [3.63, 3.8) is 0 Å². The van der Waals surface area contributed by atoms with Crippen LogP contribution in [0.2, 0.25) is 0 Å². The molecule has 1 aromatic carbocycles. The van der Waals surface area contributed by atoms with Gasteiger partial charge in [0, 0.05) is 0 Å². The standard InChI is InChI=1S/C14H16/c1-2-5-11-9-10-12-6-4-8-14(12)13(11)7-3-1/h4,8-10H,1-3,5-7H2. The molecule has 0 aliphatic heterocycles. The van der Waals surface area contributed by atoms with Crippen molar-refractivity contribution in [1.82, 2.24) is 0 Å². The maximum atomic E-state index is 2.37. The minimum Gasteiger partial charge on any atom is -0.0795 e. The topological polar surface area (TPSA) is 0 Å². The number of hydrogen-bond donors (Lipinski definition) is 0. The summed E-state index contributed by atoms with van der Waals surface area (Å²) in [7, 11) is 0. The fourth-order valence-corrected chi connectivity index (χ4v) is 2.77. The number of aryl methyl sites for hydroxylation is 1. The van der Waals surface area contributed by atoms with Gasteiger partial charge in [0.2, 0.25) is 0 Å². The van der Waals surface area contributed by atoms with Crippen LogP contribution in [-0.2, 0) is 19.3 Å². The molecule has 0 spiro atoms. The smallest absolute Gasteiger partial charge is 0.00881 e. The third-order valence-electron chi connectivity index (χ3n) is 3.54. The van der Waals surface area contributed by atoms with E-state index < -0.39 is 0 Å². The third-order valence-corrected chi connectivity index (χ3v) is 3.54. The van der Waals surface area contributed by atoms with E-state index in [1.165, 1.54) is 32.1 Å². The van der Waals surface area contributed by atoms with Crippen LogP contribution < -0.4 is 0 Å². The number of benzene rings is 1. The Morgan fingerprint density at radius 2 is 1.71 bits per heavy atom. The Labute approximate surface area is 85.6 Å². The normalized spacial score (nSPS) is 18.9. The van der Waals surface area contributed by atoms with Crippen molar-refractivity contribution in [3.05, 3.63) is 40.5 Å². The molecule has 72 valence electrons. The van der Waals surface area contributed by atoms with Gasteiger partial charge in [0.15, 0.2) is 0 Å². The molecule has 0 aromatic heterocycles. The van der Waals surface area contributed by atoms with Gasteiger partial charge in [-0.05, 0) is 54.4 Å². The zero-order valence-electron chi connectivity index (χ0n) is 8.55. The Kier molecular flexibility index (Phi) is 1.93. The molecule has 0 heterocycles. The molecule has 0 atom stereocenters. The summed E-state index contributed by atoms with van der Waals surface area (Å²) in [5.41, 5.74) is 6.39. The van der Waals surface area contributed by atoms with Crippen LogP contribution in [0.25, 0.3) is 6.08 Å². The van der Waals surface area contributed by atoms with Gasteiger partial charge in [-0.3, -0.25) is 0 Å². The van der Waals surface area contributed by atoms with Gasteiger partial charge in [-0.1, -0.05) is 30.7 Å². The van der Waals surface area contributed by atoms with Gasteiger partial charge in [0.25, 0.3) is 0 Å². The van der Waals surface area contributed by atoms with Crippen LogP contribution in [0.1, 0.15) is 41.5 Å². The van der Waals surface area contributed by atoms with Crippen LogP contribution in [0.4, 0.5) is 0 Å². The first-order valence-electron chi connectivity index (χ1n) is 5.75. The van der Waals surface area contributed by atoms with E-state index in [-0.39, 0.29) is 0 Å². The van der Waals surface area contributed by atoms with Crippen LogP contribution >= 0.6 is 0 Å². The third kappa shape index (κ3) is 1.21. The van der Waals surface area contributed by atoms with Crippen LogP contribution in [0.3, 0.4) is 0 Å². The average Bonchev–Trinajstić information content (AvgIpc) is 2.55. The van der Waals surface area contributed by atoms with Gasteiger partial charge in [0.1, 0.15) is 0 Å². The molecule has 1 aromatic rings. The van der Waals surface area contributed by atoms with E-state index >= 15 is 0 Å². The van der Waals surface area contributed by atoms with Gasteiger partial charge in [0.05, 0.1) is 0 Å². The van der Waals surface area contributed by atoms with Crippen LogP contribution in [0.5, 0.6) is 0 Å². The molecule has 0 unspecified atom stereocenters. The molecular formula is C14H16. The molecule has 0 fully saturated rings.